The number of carbonyl (C=O) groups excluding carboxylic acids is 2. The summed E-state index contributed by atoms with van der Waals surface area (Å²) < 4.78 is 32.9. The van der Waals surface area contributed by atoms with Crippen molar-refractivity contribution in [1.82, 2.24) is 9.21 Å². The molecule has 33 heavy (non-hydrogen) atoms. The number of ether oxygens (including phenoxy) is 1. The first kappa shape index (κ1) is 24.2. The van der Waals surface area contributed by atoms with Gasteiger partial charge in [-0.2, -0.15) is 4.31 Å². The molecule has 3 fully saturated rings. The number of piperidine rings is 1. The van der Waals surface area contributed by atoms with E-state index in [9.17, 15) is 18.0 Å². The van der Waals surface area contributed by atoms with Gasteiger partial charge in [0.15, 0.2) is 0 Å². The van der Waals surface area contributed by atoms with Gasteiger partial charge >= 0.3 is 0 Å². The lowest BCUT2D eigenvalue weighted by molar-refractivity contribution is -0.138. The van der Waals surface area contributed by atoms with Crippen LogP contribution in [0, 0.1) is 5.41 Å². The van der Waals surface area contributed by atoms with E-state index >= 15 is 0 Å². The summed E-state index contributed by atoms with van der Waals surface area (Å²) in [7, 11) is -3.56. The maximum atomic E-state index is 13.0. The number of rotatable bonds is 7. The van der Waals surface area contributed by atoms with Crippen molar-refractivity contribution >= 4 is 27.5 Å². The van der Waals surface area contributed by atoms with Crippen molar-refractivity contribution in [2.75, 3.05) is 44.7 Å². The first-order valence-electron chi connectivity index (χ1n) is 12.1. The Morgan fingerprint density at radius 1 is 0.939 bits per heavy atom. The van der Waals surface area contributed by atoms with Crippen molar-refractivity contribution in [1.29, 1.82) is 0 Å². The first-order valence-corrected chi connectivity index (χ1v) is 13.6. The highest BCUT2D eigenvalue weighted by molar-refractivity contribution is 7.89. The fourth-order valence-corrected chi connectivity index (χ4v) is 6.88. The second kappa shape index (κ2) is 10.5. The normalized spacial score (nSPS) is 21.6. The first-order chi connectivity index (χ1) is 15.9. The molecule has 0 bridgehead atoms. The lowest BCUT2D eigenvalue weighted by Gasteiger charge is -2.33. The standard InChI is InChI=1S/C24H35N3O5S/c28-22(18-24(9-2-3-10-24)19-23(29)26-13-15-32-16-14-26)25-20-7-6-8-21(17-20)33(30,31)27-11-4-1-5-12-27/h6-8,17H,1-5,9-16,18-19H2,(H,25,28). The quantitative estimate of drug-likeness (QED) is 0.651. The Labute approximate surface area is 196 Å². The zero-order chi connectivity index (χ0) is 23.3. The smallest absolute Gasteiger partial charge is 0.243 e. The SMILES string of the molecule is O=C(CC1(CC(=O)N2CCOCC2)CCCC1)Nc1cccc(S(=O)(=O)N2CCCCC2)c1. The third kappa shape index (κ3) is 5.94. The lowest BCUT2D eigenvalue weighted by atomic mass is 9.78. The van der Waals surface area contributed by atoms with E-state index in [-0.39, 0.29) is 28.5 Å². The predicted molar refractivity (Wildman–Crippen MR) is 125 cm³/mol. The molecule has 1 N–H and O–H groups in total. The van der Waals surface area contributed by atoms with E-state index in [1.807, 2.05) is 4.90 Å². The highest BCUT2D eigenvalue weighted by Gasteiger charge is 2.39. The predicted octanol–water partition coefficient (Wildman–Crippen LogP) is 3.00. The number of amides is 2. The average molecular weight is 478 g/mol. The molecule has 2 heterocycles. The van der Waals surface area contributed by atoms with E-state index < -0.39 is 10.0 Å². The average Bonchev–Trinajstić information content (AvgIpc) is 3.28. The summed E-state index contributed by atoms with van der Waals surface area (Å²) in [6.45, 7) is 3.43. The molecule has 1 aromatic carbocycles. The van der Waals surface area contributed by atoms with Crippen molar-refractivity contribution in [3.63, 3.8) is 0 Å². The molecular weight excluding hydrogens is 442 g/mol. The van der Waals surface area contributed by atoms with E-state index in [1.165, 1.54) is 4.31 Å². The molecule has 9 heteroatoms. The molecule has 1 aromatic rings. The van der Waals surface area contributed by atoms with Gasteiger partial charge in [-0.05, 0) is 49.3 Å². The molecule has 0 aromatic heterocycles. The van der Waals surface area contributed by atoms with Gasteiger partial charge in [0.2, 0.25) is 21.8 Å². The van der Waals surface area contributed by atoms with E-state index in [0.717, 1.165) is 44.9 Å². The second-order valence-corrected chi connectivity index (χ2v) is 11.5. The third-order valence-electron chi connectivity index (χ3n) is 7.16. The number of hydrogen-bond acceptors (Lipinski definition) is 5. The topological polar surface area (TPSA) is 96.0 Å². The molecule has 1 aliphatic carbocycles. The molecule has 2 aliphatic heterocycles. The summed E-state index contributed by atoms with van der Waals surface area (Å²) >= 11 is 0. The van der Waals surface area contributed by atoms with Crippen LogP contribution < -0.4 is 5.32 Å². The van der Waals surface area contributed by atoms with E-state index in [4.69, 9.17) is 4.74 Å². The summed E-state index contributed by atoms with van der Waals surface area (Å²) in [5.74, 6) is -0.0678. The lowest BCUT2D eigenvalue weighted by Crippen LogP contribution is -2.43. The van der Waals surface area contributed by atoms with E-state index in [1.54, 1.807) is 24.3 Å². The van der Waals surface area contributed by atoms with Gasteiger partial charge in [-0.15, -0.1) is 0 Å². The minimum atomic E-state index is -3.56. The fourth-order valence-electron chi connectivity index (χ4n) is 5.32. The van der Waals surface area contributed by atoms with Crippen LogP contribution in [-0.4, -0.2) is 68.8 Å². The molecule has 1 saturated carbocycles. The minimum Gasteiger partial charge on any atom is -0.378 e. The van der Waals surface area contributed by atoms with Gasteiger partial charge in [0, 0.05) is 44.7 Å². The molecule has 8 nitrogen and oxygen atoms in total. The van der Waals surface area contributed by atoms with Crippen LogP contribution in [0.3, 0.4) is 0 Å². The van der Waals surface area contributed by atoms with Crippen molar-refractivity contribution in [2.24, 2.45) is 5.41 Å². The summed E-state index contributed by atoms with van der Waals surface area (Å²) in [6.07, 6.45) is 7.22. The van der Waals surface area contributed by atoms with Gasteiger partial charge < -0.3 is 15.0 Å². The molecule has 182 valence electrons. The highest BCUT2D eigenvalue weighted by atomic mass is 32.2. The Bertz CT molecular complexity index is 947. The van der Waals surface area contributed by atoms with Gasteiger partial charge in [0.05, 0.1) is 18.1 Å². The number of carbonyl (C=O) groups is 2. The Kier molecular flexibility index (Phi) is 7.71. The van der Waals surface area contributed by atoms with Crippen LogP contribution in [0.25, 0.3) is 0 Å². The van der Waals surface area contributed by atoms with E-state index in [2.05, 4.69) is 5.32 Å². The molecule has 2 amide bonds. The number of sulfonamides is 1. The number of anilines is 1. The van der Waals surface area contributed by atoms with Crippen molar-refractivity contribution in [2.45, 2.75) is 62.7 Å². The van der Waals surface area contributed by atoms with Crippen molar-refractivity contribution in [3.8, 4) is 0 Å². The number of benzene rings is 1. The molecule has 4 rings (SSSR count). The number of nitrogens with one attached hydrogen (secondary N) is 1. The van der Waals surface area contributed by atoms with Gasteiger partial charge in [-0.25, -0.2) is 8.42 Å². The summed E-state index contributed by atoms with van der Waals surface area (Å²) in [4.78, 5) is 27.9. The van der Waals surface area contributed by atoms with E-state index in [0.29, 0.717) is 51.5 Å². The van der Waals surface area contributed by atoms with Crippen molar-refractivity contribution < 1.29 is 22.7 Å². The Hall–Kier alpha value is -1.97. The molecule has 0 radical (unpaired) electrons. The Morgan fingerprint density at radius 2 is 1.64 bits per heavy atom. The van der Waals surface area contributed by atoms with Gasteiger partial charge in [-0.3, -0.25) is 9.59 Å². The maximum Gasteiger partial charge on any atom is 0.243 e. The summed E-state index contributed by atoms with van der Waals surface area (Å²) in [6, 6.07) is 6.51. The zero-order valence-corrected chi connectivity index (χ0v) is 20.1. The van der Waals surface area contributed by atoms with Crippen LogP contribution in [0.15, 0.2) is 29.2 Å². The van der Waals surface area contributed by atoms with Crippen LogP contribution in [0.1, 0.15) is 57.8 Å². The monoisotopic (exact) mass is 477 g/mol. The third-order valence-corrected chi connectivity index (χ3v) is 9.06. The highest BCUT2D eigenvalue weighted by Crippen LogP contribution is 2.44. The number of morpholine rings is 1. The Balaban J connectivity index is 1.41. The largest absolute Gasteiger partial charge is 0.378 e. The van der Waals surface area contributed by atoms with Gasteiger partial charge in [0.25, 0.3) is 0 Å². The maximum absolute atomic E-state index is 13.0. The van der Waals surface area contributed by atoms with Crippen LogP contribution in [0.5, 0.6) is 0 Å². The Morgan fingerprint density at radius 3 is 2.33 bits per heavy atom. The molecule has 0 spiro atoms. The number of hydrogen-bond donors (Lipinski definition) is 1. The van der Waals surface area contributed by atoms with Crippen LogP contribution in [0.2, 0.25) is 0 Å². The molecule has 2 saturated heterocycles. The van der Waals surface area contributed by atoms with Crippen molar-refractivity contribution in [3.05, 3.63) is 24.3 Å². The number of nitrogens with zero attached hydrogens (tertiary/aromatic N) is 2. The summed E-state index contributed by atoms with van der Waals surface area (Å²) in [5, 5.41) is 2.89. The van der Waals surface area contributed by atoms with Crippen LogP contribution in [-0.2, 0) is 24.3 Å². The molecular formula is C24H35N3O5S. The minimum absolute atomic E-state index is 0.0997. The fraction of sp³-hybridized carbons (Fsp3) is 0.667. The van der Waals surface area contributed by atoms with Gasteiger partial charge in [0.1, 0.15) is 0 Å². The van der Waals surface area contributed by atoms with Crippen LogP contribution in [0.4, 0.5) is 5.69 Å². The molecule has 0 unspecified atom stereocenters. The zero-order valence-electron chi connectivity index (χ0n) is 19.3. The molecule has 3 aliphatic rings. The summed E-state index contributed by atoms with van der Waals surface area (Å²) in [5.41, 5.74) is 0.155. The van der Waals surface area contributed by atoms with Gasteiger partial charge in [-0.1, -0.05) is 25.3 Å². The van der Waals surface area contributed by atoms with Crippen LogP contribution >= 0.6 is 0 Å². The second-order valence-electron chi connectivity index (χ2n) is 9.59. The molecule has 0 atom stereocenters.